The van der Waals surface area contributed by atoms with E-state index in [4.69, 9.17) is 0 Å². The molecule has 1 unspecified atom stereocenters. The molecule has 0 saturated heterocycles. The van der Waals surface area contributed by atoms with Crippen LogP contribution in [0.1, 0.15) is 26.7 Å². The second-order valence-electron chi connectivity index (χ2n) is 7.54. The summed E-state index contributed by atoms with van der Waals surface area (Å²) in [5, 5.41) is 6.73. The fraction of sp³-hybridized carbons (Fsp3) is 0.0870. The van der Waals surface area contributed by atoms with Crippen molar-refractivity contribution in [1.82, 2.24) is 0 Å². The summed E-state index contributed by atoms with van der Waals surface area (Å²) < 4.78 is 6.63. The Balaban J connectivity index is 1.86. The van der Waals surface area contributed by atoms with Gasteiger partial charge in [-0.3, -0.25) is 4.79 Å². The van der Waals surface area contributed by atoms with E-state index in [1.54, 1.807) is 0 Å². The van der Waals surface area contributed by atoms with Gasteiger partial charge in [-0.1, -0.05) is 0 Å². The fourth-order valence-corrected chi connectivity index (χ4v) is 10.1. The molecule has 0 amide bonds. The van der Waals surface area contributed by atoms with E-state index < -0.39 is 0 Å². The zero-order valence-electron chi connectivity index (χ0n) is 14.4. The van der Waals surface area contributed by atoms with Crippen molar-refractivity contribution in [3.63, 3.8) is 0 Å². The first-order valence-electron chi connectivity index (χ1n) is 9.21. The third-order valence-electron chi connectivity index (χ3n) is 6.31. The van der Waals surface area contributed by atoms with Crippen LogP contribution in [0.4, 0.5) is 0 Å². The molecule has 3 aromatic heterocycles. The summed E-state index contributed by atoms with van der Waals surface area (Å²) in [4.78, 5) is 15.0. The van der Waals surface area contributed by atoms with Crippen molar-refractivity contribution in [3.05, 3.63) is 52.4 Å². The van der Waals surface area contributed by atoms with Gasteiger partial charge in [0.2, 0.25) is 0 Å². The molecule has 2 aliphatic rings. The number of fused-ring (bicyclic) bond motifs is 2. The molecular formula is C23H10OS4. The second-order valence-corrected chi connectivity index (χ2v) is 11.9. The van der Waals surface area contributed by atoms with Crippen LogP contribution in [0, 0.1) is 0 Å². The summed E-state index contributed by atoms with van der Waals surface area (Å²) in [5.41, 5.74) is 2.40. The SMILES string of the molecule is O=Cc1c2sc3ccc4sc5ccc6sc7ccc8c(c7c6c5c4c13)C2CS8. The van der Waals surface area contributed by atoms with Crippen molar-refractivity contribution in [2.24, 2.45) is 0 Å². The first kappa shape index (κ1) is 15.0. The van der Waals surface area contributed by atoms with Crippen LogP contribution in [0.15, 0.2) is 41.3 Å². The minimum atomic E-state index is 0.317. The molecule has 0 saturated carbocycles. The lowest BCUT2D eigenvalue weighted by Crippen LogP contribution is -2.00. The smallest absolute Gasteiger partial charge is 0.151 e. The lowest BCUT2D eigenvalue weighted by molar-refractivity contribution is 0.112. The Kier molecular flexibility index (Phi) is 2.57. The molecule has 0 fully saturated rings. The molecule has 1 aliphatic heterocycles. The molecule has 3 aromatic carbocycles. The van der Waals surface area contributed by atoms with E-state index in [9.17, 15) is 4.79 Å². The van der Waals surface area contributed by atoms with Crippen LogP contribution in [0.25, 0.3) is 50.4 Å². The Morgan fingerprint density at radius 1 is 0.714 bits per heavy atom. The van der Waals surface area contributed by atoms with Gasteiger partial charge in [0.25, 0.3) is 0 Å². The zero-order valence-corrected chi connectivity index (χ0v) is 17.6. The number of benzene rings is 3. The van der Waals surface area contributed by atoms with Crippen LogP contribution >= 0.6 is 45.8 Å². The summed E-state index contributed by atoms with van der Waals surface area (Å²) in [6.45, 7) is 0. The predicted molar refractivity (Wildman–Crippen MR) is 126 cm³/mol. The molecule has 8 rings (SSSR count). The molecule has 1 atom stereocenters. The summed E-state index contributed by atoms with van der Waals surface area (Å²) in [6, 6.07) is 13.7. The van der Waals surface area contributed by atoms with Crippen molar-refractivity contribution in [2.75, 3.05) is 5.75 Å². The van der Waals surface area contributed by atoms with E-state index in [1.807, 2.05) is 45.8 Å². The van der Waals surface area contributed by atoms with Gasteiger partial charge in [-0.25, -0.2) is 0 Å². The van der Waals surface area contributed by atoms with E-state index in [2.05, 4.69) is 36.4 Å². The molecule has 1 aliphatic carbocycles. The number of rotatable bonds is 1. The van der Waals surface area contributed by atoms with E-state index in [0.717, 1.165) is 17.6 Å². The van der Waals surface area contributed by atoms with Crippen molar-refractivity contribution in [1.29, 1.82) is 0 Å². The fourth-order valence-electron chi connectivity index (χ4n) is 5.25. The number of carbonyl (C=O) groups excluding carboxylic acids is 1. The Hall–Kier alpha value is -1.92. The molecule has 28 heavy (non-hydrogen) atoms. The Morgan fingerprint density at radius 3 is 2.00 bits per heavy atom. The van der Waals surface area contributed by atoms with Gasteiger partial charge in [0.15, 0.2) is 6.29 Å². The summed E-state index contributed by atoms with van der Waals surface area (Å²) in [7, 11) is 0. The maximum atomic E-state index is 12.4. The van der Waals surface area contributed by atoms with E-state index in [1.165, 1.54) is 65.8 Å². The van der Waals surface area contributed by atoms with E-state index in [0.29, 0.717) is 5.92 Å². The quantitative estimate of drug-likeness (QED) is 0.246. The molecule has 0 spiro atoms. The number of hydrogen-bond acceptors (Lipinski definition) is 5. The van der Waals surface area contributed by atoms with Crippen LogP contribution in [0.2, 0.25) is 0 Å². The van der Waals surface area contributed by atoms with Crippen LogP contribution in [-0.4, -0.2) is 12.0 Å². The monoisotopic (exact) mass is 430 g/mol. The number of thiophene rings is 3. The number of carbonyl (C=O) groups is 1. The van der Waals surface area contributed by atoms with E-state index >= 15 is 0 Å². The first-order valence-corrected chi connectivity index (χ1v) is 12.6. The molecule has 6 aromatic rings. The molecule has 0 N–H and O–H groups in total. The highest BCUT2D eigenvalue weighted by molar-refractivity contribution is 7.99. The predicted octanol–water partition coefficient (Wildman–Crippen LogP) is 8.00. The summed E-state index contributed by atoms with van der Waals surface area (Å²) in [6.07, 6.45) is 1.12. The van der Waals surface area contributed by atoms with Gasteiger partial charge in [0.1, 0.15) is 0 Å². The van der Waals surface area contributed by atoms with Gasteiger partial charge in [0.05, 0.1) is 0 Å². The van der Waals surface area contributed by atoms with Crippen LogP contribution in [-0.2, 0) is 0 Å². The standard InChI is InChI=1S/C23H10OS4/c24-7-9-17-12-3-4-14-19(17)21-15(27-14)5-6-16-22(21)20-13(26-16)2-1-11-18(20)10(8-25-11)23(9)28-12/h1-7,10H,8H2. The summed E-state index contributed by atoms with van der Waals surface area (Å²) in [5.74, 6) is 1.35. The van der Waals surface area contributed by atoms with Crippen molar-refractivity contribution >= 4 is 102 Å². The lowest BCUT2D eigenvalue weighted by Gasteiger charge is -2.11. The van der Waals surface area contributed by atoms with Gasteiger partial charge < -0.3 is 0 Å². The van der Waals surface area contributed by atoms with Crippen molar-refractivity contribution < 1.29 is 4.79 Å². The Bertz CT molecular complexity index is 1690. The number of thioether (sulfide) groups is 1. The summed E-state index contributed by atoms with van der Waals surface area (Å²) >= 11 is 7.56. The zero-order chi connectivity index (χ0) is 18.1. The van der Waals surface area contributed by atoms with Gasteiger partial charge >= 0.3 is 0 Å². The second kappa shape index (κ2) is 4.79. The molecule has 2 bridgehead atoms. The molecule has 132 valence electrons. The largest absolute Gasteiger partial charge is 0.298 e. The first-order chi connectivity index (χ1) is 13.8. The highest BCUT2D eigenvalue weighted by Crippen LogP contribution is 2.57. The van der Waals surface area contributed by atoms with E-state index in [-0.39, 0.29) is 0 Å². The topological polar surface area (TPSA) is 17.1 Å². The average molecular weight is 431 g/mol. The Morgan fingerprint density at radius 2 is 1.29 bits per heavy atom. The maximum Gasteiger partial charge on any atom is 0.151 e. The third-order valence-corrected chi connectivity index (χ3v) is 11.0. The molecule has 1 nitrogen and oxygen atoms in total. The van der Waals surface area contributed by atoms with Gasteiger partial charge in [-0.05, 0) is 42.0 Å². The molecule has 0 radical (unpaired) electrons. The lowest BCUT2D eigenvalue weighted by atomic mass is 9.93. The van der Waals surface area contributed by atoms with Gasteiger partial charge in [0, 0.05) is 77.4 Å². The van der Waals surface area contributed by atoms with Crippen LogP contribution in [0.3, 0.4) is 0 Å². The van der Waals surface area contributed by atoms with Crippen LogP contribution < -0.4 is 0 Å². The average Bonchev–Trinajstić information content (AvgIpc) is 3.44. The van der Waals surface area contributed by atoms with Crippen molar-refractivity contribution in [2.45, 2.75) is 10.8 Å². The number of aldehydes is 1. The maximum absolute atomic E-state index is 12.4. The van der Waals surface area contributed by atoms with Crippen LogP contribution in [0.5, 0.6) is 0 Å². The Labute approximate surface area is 175 Å². The molecule has 4 heterocycles. The highest BCUT2D eigenvalue weighted by atomic mass is 32.2. The number of hydrogen-bond donors (Lipinski definition) is 0. The normalized spacial score (nSPS) is 17.5. The highest BCUT2D eigenvalue weighted by Gasteiger charge is 2.34. The van der Waals surface area contributed by atoms with Gasteiger partial charge in [-0.15, -0.1) is 45.8 Å². The minimum absolute atomic E-state index is 0.317. The molecule has 5 heteroatoms. The third kappa shape index (κ3) is 1.51. The minimum Gasteiger partial charge on any atom is -0.298 e. The molecular weight excluding hydrogens is 421 g/mol. The van der Waals surface area contributed by atoms with Gasteiger partial charge in [-0.2, -0.15) is 0 Å². The van der Waals surface area contributed by atoms with Crippen molar-refractivity contribution in [3.8, 4) is 0 Å².